The monoisotopic (exact) mass is 313 g/mol. The Morgan fingerprint density at radius 1 is 1.19 bits per heavy atom. The third-order valence-corrected chi connectivity index (χ3v) is 4.33. The zero-order valence-electron chi connectivity index (χ0n) is 12.4. The van der Waals surface area contributed by atoms with Gasteiger partial charge in [0.05, 0.1) is 5.75 Å². The van der Waals surface area contributed by atoms with Crippen molar-refractivity contribution in [3.05, 3.63) is 35.4 Å². The number of amides is 1. The van der Waals surface area contributed by atoms with Crippen molar-refractivity contribution in [2.45, 2.75) is 38.0 Å². The lowest BCUT2D eigenvalue weighted by Crippen LogP contribution is -2.49. The third-order valence-electron chi connectivity index (χ3n) is 3.59. The number of benzene rings is 1. The first kappa shape index (κ1) is 17.6. The van der Waals surface area contributed by atoms with E-state index >= 15 is 0 Å². The molecule has 0 saturated heterocycles. The average Bonchev–Trinajstić information content (AvgIpc) is 2.43. The van der Waals surface area contributed by atoms with E-state index in [4.69, 9.17) is 10.9 Å². The molecule has 0 aromatic heterocycles. The fraction of sp³-hybridized carbons (Fsp3) is 0.500. The molecule has 1 aromatic carbocycles. The van der Waals surface area contributed by atoms with Crippen LogP contribution in [0.4, 0.5) is 0 Å². The van der Waals surface area contributed by atoms with Gasteiger partial charge in [-0.1, -0.05) is 26.0 Å². The van der Waals surface area contributed by atoms with Crippen molar-refractivity contribution >= 4 is 15.9 Å². The summed E-state index contributed by atoms with van der Waals surface area (Å²) in [5.41, 5.74) is 6.73. The predicted molar refractivity (Wildman–Crippen MR) is 83.1 cm³/mol. The van der Waals surface area contributed by atoms with Gasteiger partial charge in [0.2, 0.25) is 10.0 Å². The smallest absolute Gasteiger partial charge is 0.251 e. The number of hydrogen-bond donors (Lipinski definition) is 3. The summed E-state index contributed by atoms with van der Waals surface area (Å²) in [6.45, 7) is 4.37. The highest BCUT2D eigenvalue weighted by molar-refractivity contribution is 7.88. The fourth-order valence-corrected chi connectivity index (χ4v) is 2.50. The van der Waals surface area contributed by atoms with Gasteiger partial charge in [-0.05, 0) is 30.5 Å². The van der Waals surface area contributed by atoms with Crippen molar-refractivity contribution in [1.29, 1.82) is 0 Å². The first-order valence-electron chi connectivity index (χ1n) is 6.85. The van der Waals surface area contributed by atoms with Crippen LogP contribution in [0.15, 0.2) is 24.3 Å². The van der Waals surface area contributed by atoms with Gasteiger partial charge in [0, 0.05) is 17.6 Å². The topological polar surface area (TPSA) is 115 Å². The van der Waals surface area contributed by atoms with Crippen LogP contribution in [0.1, 0.15) is 42.6 Å². The van der Waals surface area contributed by atoms with Gasteiger partial charge in [-0.3, -0.25) is 4.79 Å². The largest absolute Gasteiger partial charge is 0.350 e. The Bertz CT molecular complexity index is 578. The average molecular weight is 313 g/mol. The molecular formula is C14H23N3O3S. The summed E-state index contributed by atoms with van der Waals surface area (Å²) in [6.07, 6.45) is 1.55. The molecule has 118 valence electrons. The van der Waals surface area contributed by atoms with Crippen LogP contribution in [0.25, 0.3) is 0 Å². The van der Waals surface area contributed by atoms with Gasteiger partial charge in [0.25, 0.3) is 5.91 Å². The highest BCUT2D eigenvalue weighted by Gasteiger charge is 2.21. The lowest BCUT2D eigenvalue weighted by atomic mass is 9.94. The number of primary sulfonamides is 1. The van der Waals surface area contributed by atoms with Crippen LogP contribution in [-0.4, -0.2) is 26.4 Å². The summed E-state index contributed by atoms with van der Waals surface area (Å²) in [7, 11) is -3.56. The van der Waals surface area contributed by atoms with E-state index in [-0.39, 0.29) is 11.7 Å². The van der Waals surface area contributed by atoms with Crippen LogP contribution in [0.5, 0.6) is 0 Å². The minimum absolute atomic E-state index is 0.228. The lowest BCUT2D eigenvalue weighted by molar-refractivity contribution is 0.0942. The minimum Gasteiger partial charge on any atom is -0.350 e. The van der Waals surface area contributed by atoms with E-state index in [9.17, 15) is 13.2 Å². The fourth-order valence-electron chi connectivity index (χ4n) is 1.84. The van der Waals surface area contributed by atoms with Crippen LogP contribution >= 0.6 is 0 Å². The van der Waals surface area contributed by atoms with Gasteiger partial charge in [0.15, 0.2) is 0 Å². The second kappa shape index (κ2) is 7.02. The van der Waals surface area contributed by atoms with Crippen LogP contribution < -0.4 is 16.2 Å². The van der Waals surface area contributed by atoms with E-state index in [1.54, 1.807) is 24.3 Å². The zero-order valence-corrected chi connectivity index (χ0v) is 13.2. The lowest BCUT2D eigenvalue weighted by Gasteiger charge is -2.26. The van der Waals surface area contributed by atoms with Crippen LogP contribution in [0.2, 0.25) is 0 Å². The molecule has 1 amide bonds. The molecule has 0 heterocycles. The van der Waals surface area contributed by atoms with Crippen molar-refractivity contribution in [3.63, 3.8) is 0 Å². The minimum atomic E-state index is -3.56. The Morgan fingerprint density at radius 2 is 1.71 bits per heavy atom. The van der Waals surface area contributed by atoms with Crippen molar-refractivity contribution in [1.82, 2.24) is 5.32 Å². The molecule has 0 unspecified atom stereocenters. The molecule has 0 fully saturated rings. The van der Waals surface area contributed by atoms with E-state index in [1.807, 2.05) is 13.8 Å². The number of hydrogen-bond acceptors (Lipinski definition) is 4. The molecule has 21 heavy (non-hydrogen) atoms. The zero-order chi connectivity index (χ0) is 16.1. The standard InChI is InChI=1S/C14H23N3O3S/c1-3-14(15,4-2)10-17-13(18)12-7-5-11(6-8-12)9-21(16,19)20/h5-8H,3-4,9-10,15H2,1-2H3,(H,17,18)(H2,16,19,20). The Hall–Kier alpha value is -1.44. The highest BCUT2D eigenvalue weighted by Crippen LogP contribution is 2.11. The Morgan fingerprint density at radius 3 is 2.14 bits per heavy atom. The van der Waals surface area contributed by atoms with Gasteiger partial charge < -0.3 is 11.1 Å². The molecule has 7 heteroatoms. The summed E-state index contributed by atoms with van der Waals surface area (Å²) in [5.74, 6) is -0.471. The summed E-state index contributed by atoms with van der Waals surface area (Å²) < 4.78 is 22.0. The van der Waals surface area contributed by atoms with Crippen LogP contribution in [-0.2, 0) is 15.8 Å². The molecule has 0 bridgehead atoms. The molecular weight excluding hydrogens is 290 g/mol. The van der Waals surface area contributed by atoms with E-state index in [0.29, 0.717) is 17.7 Å². The second-order valence-electron chi connectivity index (χ2n) is 5.26. The first-order valence-corrected chi connectivity index (χ1v) is 8.57. The maximum atomic E-state index is 12.0. The molecule has 6 nitrogen and oxygen atoms in total. The van der Waals surface area contributed by atoms with Crippen molar-refractivity contribution < 1.29 is 13.2 Å². The van der Waals surface area contributed by atoms with Crippen LogP contribution in [0.3, 0.4) is 0 Å². The number of carbonyl (C=O) groups excluding carboxylic acids is 1. The SMILES string of the molecule is CCC(N)(CC)CNC(=O)c1ccc(CS(N)(=O)=O)cc1. The molecule has 0 spiro atoms. The molecule has 5 N–H and O–H groups in total. The van der Waals surface area contributed by atoms with Crippen molar-refractivity contribution in [2.24, 2.45) is 10.9 Å². The second-order valence-corrected chi connectivity index (χ2v) is 6.87. The summed E-state index contributed by atoms with van der Waals surface area (Å²) in [4.78, 5) is 12.0. The Labute approximate surface area is 126 Å². The summed E-state index contributed by atoms with van der Waals surface area (Å²) >= 11 is 0. The quantitative estimate of drug-likeness (QED) is 0.688. The third kappa shape index (κ3) is 5.82. The maximum Gasteiger partial charge on any atom is 0.251 e. The van der Waals surface area contributed by atoms with E-state index in [0.717, 1.165) is 12.8 Å². The number of carbonyl (C=O) groups is 1. The van der Waals surface area contributed by atoms with Crippen molar-refractivity contribution in [3.8, 4) is 0 Å². The van der Waals surface area contributed by atoms with Gasteiger partial charge in [-0.25, -0.2) is 13.6 Å². The molecule has 0 atom stereocenters. The highest BCUT2D eigenvalue weighted by atomic mass is 32.2. The molecule has 1 rings (SSSR count). The number of nitrogens with one attached hydrogen (secondary N) is 1. The number of nitrogens with two attached hydrogens (primary N) is 2. The molecule has 0 aliphatic carbocycles. The first-order chi connectivity index (χ1) is 9.69. The molecule has 0 saturated carbocycles. The predicted octanol–water partition coefficient (Wildman–Crippen LogP) is 0.722. The van der Waals surface area contributed by atoms with E-state index < -0.39 is 15.6 Å². The molecule has 0 aliphatic heterocycles. The van der Waals surface area contributed by atoms with E-state index in [2.05, 4.69) is 5.32 Å². The number of sulfonamides is 1. The van der Waals surface area contributed by atoms with E-state index in [1.165, 1.54) is 0 Å². The Balaban J connectivity index is 2.68. The van der Waals surface area contributed by atoms with Crippen LogP contribution in [0, 0.1) is 0 Å². The van der Waals surface area contributed by atoms with Gasteiger partial charge in [0.1, 0.15) is 0 Å². The molecule has 0 radical (unpaired) electrons. The van der Waals surface area contributed by atoms with Gasteiger partial charge >= 0.3 is 0 Å². The summed E-state index contributed by atoms with van der Waals surface area (Å²) in [5, 5.41) is 7.77. The van der Waals surface area contributed by atoms with Crippen molar-refractivity contribution in [2.75, 3.05) is 6.54 Å². The number of rotatable bonds is 7. The molecule has 1 aromatic rings. The Kier molecular flexibility index (Phi) is 5.88. The normalized spacial score (nSPS) is 12.2. The maximum absolute atomic E-state index is 12.0. The molecule has 0 aliphatic rings. The van der Waals surface area contributed by atoms with Gasteiger partial charge in [-0.15, -0.1) is 0 Å². The summed E-state index contributed by atoms with van der Waals surface area (Å²) in [6, 6.07) is 6.31. The van der Waals surface area contributed by atoms with Gasteiger partial charge in [-0.2, -0.15) is 0 Å².